The summed E-state index contributed by atoms with van der Waals surface area (Å²) >= 11 is 0. The molecule has 1 aliphatic heterocycles. The number of hydrogen-bond donors (Lipinski definition) is 0. The van der Waals surface area contributed by atoms with Gasteiger partial charge in [-0.25, -0.2) is 4.98 Å². The Morgan fingerprint density at radius 1 is 1.06 bits per heavy atom. The topological polar surface area (TPSA) is 75.6 Å². The lowest BCUT2D eigenvalue weighted by Gasteiger charge is -2.27. The maximum atomic E-state index is 13.2. The fraction of sp³-hybridized carbons (Fsp3) is 0.333. The number of ether oxygens (including phenoxy) is 1. The van der Waals surface area contributed by atoms with E-state index in [2.05, 4.69) is 9.97 Å². The molecule has 1 saturated heterocycles. The van der Waals surface area contributed by atoms with Gasteiger partial charge in [-0.15, -0.1) is 0 Å². The lowest BCUT2D eigenvalue weighted by atomic mass is 10.1. The highest BCUT2D eigenvalue weighted by Gasteiger charge is 2.27. The Balaban J connectivity index is 1.45. The van der Waals surface area contributed by atoms with Crippen molar-refractivity contribution in [1.29, 1.82) is 0 Å². The fourth-order valence-corrected chi connectivity index (χ4v) is 4.10. The van der Waals surface area contributed by atoms with Crippen molar-refractivity contribution in [1.82, 2.24) is 19.8 Å². The Morgan fingerprint density at radius 3 is 2.68 bits per heavy atom. The first-order valence-corrected chi connectivity index (χ1v) is 10.5. The zero-order valence-electron chi connectivity index (χ0n) is 17.8. The minimum atomic E-state index is -0.0825. The van der Waals surface area contributed by atoms with Crippen molar-refractivity contribution >= 4 is 22.6 Å². The Morgan fingerprint density at radius 2 is 1.90 bits per heavy atom. The van der Waals surface area contributed by atoms with Crippen LogP contribution in [0.15, 0.2) is 54.9 Å². The van der Waals surface area contributed by atoms with Gasteiger partial charge >= 0.3 is 0 Å². The molecule has 2 amide bonds. The number of methoxy groups -OCH3 is 1. The number of aromatic nitrogens is 2. The molecule has 0 N–H and O–H groups in total. The number of fused-ring (bicyclic) bond motifs is 1. The summed E-state index contributed by atoms with van der Waals surface area (Å²) in [6.07, 6.45) is 5.63. The number of rotatable bonds is 4. The highest BCUT2D eigenvalue weighted by molar-refractivity contribution is 6.05. The number of carbonyl (C=O) groups is 2. The Bertz CT molecular complexity index is 1080. The number of benzene rings is 1. The van der Waals surface area contributed by atoms with Gasteiger partial charge in [-0.1, -0.05) is 24.3 Å². The van der Waals surface area contributed by atoms with Gasteiger partial charge in [-0.3, -0.25) is 14.6 Å². The second kappa shape index (κ2) is 9.12. The van der Waals surface area contributed by atoms with Crippen molar-refractivity contribution in [2.45, 2.75) is 25.3 Å². The first kappa shape index (κ1) is 20.8. The van der Waals surface area contributed by atoms with Crippen molar-refractivity contribution in [3.8, 4) is 5.88 Å². The van der Waals surface area contributed by atoms with Crippen molar-refractivity contribution in [3.63, 3.8) is 0 Å². The van der Waals surface area contributed by atoms with Crippen LogP contribution in [0.25, 0.3) is 10.8 Å². The van der Waals surface area contributed by atoms with Gasteiger partial charge in [0.05, 0.1) is 12.7 Å². The van der Waals surface area contributed by atoms with Gasteiger partial charge in [-0.05, 0) is 36.8 Å². The largest absolute Gasteiger partial charge is 0.481 e. The maximum absolute atomic E-state index is 13.2. The van der Waals surface area contributed by atoms with E-state index in [9.17, 15) is 9.59 Å². The molecule has 31 heavy (non-hydrogen) atoms. The predicted molar refractivity (Wildman–Crippen MR) is 118 cm³/mol. The van der Waals surface area contributed by atoms with E-state index in [1.165, 1.54) is 0 Å². The van der Waals surface area contributed by atoms with E-state index in [1.807, 2.05) is 42.3 Å². The zero-order chi connectivity index (χ0) is 21.8. The lowest BCUT2D eigenvalue weighted by molar-refractivity contribution is 0.0707. The van der Waals surface area contributed by atoms with Crippen LogP contribution >= 0.6 is 0 Å². The first-order chi connectivity index (χ1) is 15.1. The molecule has 7 nitrogen and oxygen atoms in total. The van der Waals surface area contributed by atoms with E-state index in [0.29, 0.717) is 30.2 Å². The molecule has 0 spiro atoms. The second-order valence-electron chi connectivity index (χ2n) is 7.76. The molecule has 1 aliphatic rings. The Labute approximate surface area is 181 Å². The number of hydrogen-bond acceptors (Lipinski definition) is 5. The normalized spacial score (nSPS) is 16.6. The maximum Gasteiger partial charge on any atom is 0.273 e. The average Bonchev–Trinajstić information content (AvgIpc) is 3.09. The second-order valence-corrected chi connectivity index (χ2v) is 7.76. The summed E-state index contributed by atoms with van der Waals surface area (Å²) in [7, 11) is 3.38. The van der Waals surface area contributed by atoms with E-state index < -0.39 is 0 Å². The molecular formula is C24H26N4O3. The third kappa shape index (κ3) is 4.35. The standard InChI is InChI=1S/C24H26N4O3/c1-27(24(30)22-20-8-4-3-6-17(20)11-13-25-22)19-7-5-14-28(15-12-19)23(29)18-9-10-21(31-2)26-16-18/h3-4,6,8-11,13,16,19H,5,7,12,14-15H2,1-2H3/t19-/m0/s1. The van der Waals surface area contributed by atoms with Crippen molar-refractivity contribution in [2.75, 3.05) is 27.2 Å². The molecule has 1 atom stereocenters. The van der Waals surface area contributed by atoms with Gasteiger partial charge < -0.3 is 14.5 Å². The van der Waals surface area contributed by atoms with Crippen LogP contribution in [-0.2, 0) is 0 Å². The van der Waals surface area contributed by atoms with Gasteiger partial charge in [-0.2, -0.15) is 0 Å². The predicted octanol–water partition coefficient (Wildman–Crippen LogP) is 3.41. The van der Waals surface area contributed by atoms with Gasteiger partial charge in [0.1, 0.15) is 5.69 Å². The quantitative estimate of drug-likeness (QED) is 0.649. The highest BCUT2D eigenvalue weighted by Crippen LogP contribution is 2.22. The van der Waals surface area contributed by atoms with Crippen LogP contribution in [0.4, 0.5) is 0 Å². The molecule has 0 bridgehead atoms. The van der Waals surface area contributed by atoms with E-state index >= 15 is 0 Å². The molecular weight excluding hydrogens is 392 g/mol. The third-order valence-electron chi connectivity index (χ3n) is 5.92. The summed E-state index contributed by atoms with van der Waals surface area (Å²) in [5, 5.41) is 1.86. The van der Waals surface area contributed by atoms with E-state index in [-0.39, 0.29) is 17.9 Å². The number of pyridine rings is 2. The molecule has 160 valence electrons. The van der Waals surface area contributed by atoms with Crippen LogP contribution in [0.1, 0.15) is 40.1 Å². The fourth-order valence-electron chi connectivity index (χ4n) is 4.10. The Hall–Kier alpha value is -3.48. The van der Waals surface area contributed by atoms with Crippen LogP contribution in [0.5, 0.6) is 5.88 Å². The van der Waals surface area contributed by atoms with E-state index in [1.54, 1.807) is 36.5 Å². The minimum Gasteiger partial charge on any atom is -0.481 e. The summed E-state index contributed by atoms with van der Waals surface area (Å²) in [4.78, 5) is 38.3. The molecule has 1 aromatic carbocycles. The summed E-state index contributed by atoms with van der Waals surface area (Å²) < 4.78 is 5.06. The lowest BCUT2D eigenvalue weighted by Crippen LogP contribution is -2.39. The van der Waals surface area contributed by atoms with Crippen molar-refractivity contribution in [3.05, 3.63) is 66.1 Å². The van der Waals surface area contributed by atoms with Gasteiger partial charge in [0, 0.05) is 50.0 Å². The van der Waals surface area contributed by atoms with Gasteiger partial charge in [0.25, 0.3) is 11.8 Å². The molecule has 0 unspecified atom stereocenters. The minimum absolute atomic E-state index is 0.0412. The smallest absolute Gasteiger partial charge is 0.273 e. The summed E-state index contributed by atoms with van der Waals surface area (Å²) in [5.41, 5.74) is 1.02. The molecule has 4 rings (SSSR count). The number of carbonyl (C=O) groups excluding carboxylic acids is 2. The van der Waals surface area contributed by atoms with E-state index in [0.717, 1.165) is 30.0 Å². The average molecular weight is 418 g/mol. The molecule has 0 radical (unpaired) electrons. The summed E-state index contributed by atoms with van der Waals surface area (Å²) in [6, 6.07) is 13.2. The van der Waals surface area contributed by atoms with Gasteiger partial charge in [0.2, 0.25) is 5.88 Å². The van der Waals surface area contributed by atoms with Crippen LogP contribution < -0.4 is 4.74 Å². The van der Waals surface area contributed by atoms with Crippen LogP contribution in [-0.4, -0.2) is 64.9 Å². The molecule has 3 heterocycles. The Kier molecular flexibility index (Phi) is 6.11. The molecule has 0 saturated carbocycles. The third-order valence-corrected chi connectivity index (χ3v) is 5.92. The molecule has 0 aliphatic carbocycles. The summed E-state index contributed by atoms with van der Waals surface area (Å²) in [5.74, 6) is 0.357. The van der Waals surface area contributed by atoms with Crippen molar-refractivity contribution in [2.24, 2.45) is 0 Å². The van der Waals surface area contributed by atoms with Crippen molar-refractivity contribution < 1.29 is 14.3 Å². The van der Waals surface area contributed by atoms with E-state index in [4.69, 9.17) is 4.74 Å². The SMILES string of the molecule is COc1ccc(C(=O)N2CCC[C@H](N(C)C(=O)c3nccc4ccccc34)CC2)cn1. The van der Waals surface area contributed by atoms with Crippen LogP contribution in [0, 0.1) is 0 Å². The molecule has 7 heteroatoms. The first-order valence-electron chi connectivity index (χ1n) is 10.5. The monoisotopic (exact) mass is 418 g/mol. The van der Waals surface area contributed by atoms with Gasteiger partial charge in [0.15, 0.2) is 0 Å². The number of likely N-dealkylation sites (tertiary alicyclic amines) is 1. The van der Waals surface area contributed by atoms with Crippen LogP contribution in [0.3, 0.4) is 0 Å². The molecule has 2 aromatic heterocycles. The number of nitrogens with zero attached hydrogens (tertiary/aromatic N) is 4. The molecule has 3 aromatic rings. The van der Waals surface area contributed by atoms with Crippen LogP contribution in [0.2, 0.25) is 0 Å². The zero-order valence-corrected chi connectivity index (χ0v) is 17.8. The molecule has 1 fully saturated rings. The summed E-state index contributed by atoms with van der Waals surface area (Å²) in [6.45, 7) is 1.26. The highest BCUT2D eigenvalue weighted by atomic mass is 16.5. The number of amides is 2.